The maximum atomic E-state index is 12.4. The van der Waals surface area contributed by atoms with Crippen LogP contribution in [0.25, 0.3) is 0 Å². The lowest BCUT2D eigenvalue weighted by atomic mass is 10.1. The Morgan fingerprint density at radius 3 is 2.60 bits per heavy atom. The molecule has 3 rings (SSSR count). The lowest BCUT2D eigenvalue weighted by molar-refractivity contribution is 0.102. The number of hydrogen-bond acceptors (Lipinski definition) is 3. The number of aryl methyl sites for hydroxylation is 2. The van der Waals surface area contributed by atoms with E-state index in [2.05, 4.69) is 16.4 Å². The summed E-state index contributed by atoms with van der Waals surface area (Å²) in [5.74, 6) is 0.988. The van der Waals surface area contributed by atoms with E-state index in [9.17, 15) is 4.79 Å². The van der Waals surface area contributed by atoms with Crippen LogP contribution in [-0.2, 0) is 6.61 Å². The van der Waals surface area contributed by atoms with Gasteiger partial charge in [-0.25, -0.2) is 4.98 Å². The summed E-state index contributed by atoms with van der Waals surface area (Å²) in [6.45, 7) is 4.47. The van der Waals surface area contributed by atoms with Crippen molar-refractivity contribution in [3.63, 3.8) is 0 Å². The molecule has 0 spiro atoms. The molecule has 25 heavy (non-hydrogen) atoms. The standard InChI is InChI=1S/C21H20N2O2/c1-15-5-3-6-17(11-15)14-25-19-8-4-7-18(13-19)21(24)23-20-12-16(2)9-10-22-20/h3-13H,14H2,1-2H3,(H,22,23,24). The summed E-state index contributed by atoms with van der Waals surface area (Å²) >= 11 is 0. The van der Waals surface area contributed by atoms with E-state index in [0.29, 0.717) is 23.7 Å². The number of rotatable bonds is 5. The number of nitrogens with zero attached hydrogens (tertiary/aromatic N) is 1. The van der Waals surface area contributed by atoms with Crippen LogP contribution >= 0.6 is 0 Å². The smallest absolute Gasteiger partial charge is 0.256 e. The van der Waals surface area contributed by atoms with Gasteiger partial charge in [-0.2, -0.15) is 0 Å². The molecule has 0 fully saturated rings. The van der Waals surface area contributed by atoms with Crippen LogP contribution < -0.4 is 10.1 Å². The molecule has 126 valence electrons. The number of carbonyl (C=O) groups excluding carboxylic acids is 1. The second-order valence-corrected chi connectivity index (χ2v) is 5.98. The molecule has 1 heterocycles. The number of ether oxygens (including phenoxy) is 1. The third-order valence-electron chi connectivity index (χ3n) is 3.74. The maximum Gasteiger partial charge on any atom is 0.256 e. The van der Waals surface area contributed by atoms with Crippen LogP contribution in [0.1, 0.15) is 27.0 Å². The van der Waals surface area contributed by atoms with Gasteiger partial charge in [0.25, 0.3) is 5.91 Å². The van der Waals surface area contributed by atoms with Gasteiger partial charge in [0.05, 0.1) is 0 Å². The minimum Gasteiger partial charge on any atom is -0.489 e. The molecule has 0 bridgehead atoms. The SMILES string of the molecule is Cc1cccc(COc2cccc(C(=O)Nc3cc(C)ccn3)c2)c1. The third kappa shape index (κ3) is 4.67. The fourth-order valence-electron chi connectivity index (χ4n) is 2.49. The highest BCUT2D eigenvalue weighted by molar-refractivity contribution is 6.04. The predicted octanol–water partition coefficient (Wildman–Crippen LogP) is 4.53. The summed E-state index contributed by atoms with van der Waals surface area (Å²) in [5.41, 5.74) is 3.87. The van der Waals surface area contributed by atoms with Gasteiger partial charge in [-0.05, 0) is 55.3 Å². The number of amides is 1. The number of aromatic nitrogens is 1. The van der Waals surface area contributed by atoms with E-state index in [0.717, 1.165) is 11.1 Å². The minimum atomic E-state index is -0.209. The second-order valence-electron chi connectivity index (χ2n) is 5.98. The zero-order valence-electron chi connectivity index (χ0n) is 14.3. The number of pyridine rings is 1. The van der Waals surface area contributed by atoms with Crippen molar-refractivity contribution in [3.05, 3.63) is 89.1 Å². The highest BCUT2D eigenvalue weighted by atomic mass is 16.5. The van der Waals surface area contributed by atoms with Crippen LogP contribution in [0, 0.1) is 13.8 Å². The molecule has 0 unspecified atom stereocenters. The zero-order valence-corrected chi connectivity index (χ0v) is 14.3. The minimum absolute atomic E-state index is 0.209. The Morgan fingerprint density at radius 1 is 1.00 bits per heavy atom. The molecule has 4 heteroatoms. The van der Waals surface area contributed by atoms with Crippen LogP contribution in [0.2, 0.25) is 0 Å². The molecule has 0 aliphatic heterocycles. The summed E-state index contributed by atoms with van der Waals surface area (Å²) in [4.78, 5) is 16.5. The van der Waals surface area contributed by atoms with E-state index in [1.165, 1.54) is 5.56 Å². The Kier molecular flexibility index (Phi) is 5.09. The van der Waals surface area contributed by atoms with Crippen LogP contribution in [0.3, 0.4) is 0 Å². The van der Waals surface area contributed by atoms with Gasteiger partial charge in [0, 0.05) is 11.8 Å². The second kappa shape index (κ2) is 7.62. The van der Waals surface area contributed by atoms with Gasteiger partial charge in [0.2, 0.25) is 0 Å². The van der Waals surface area contributed by atoms with Crippen LogP contribution in [0.5, 0.6) is 5.75 Å². The number of nitrogens with one attached hydrogen (secondary N) is 1. The first-order valence-electron chi connectivity index (χ1n) is 8.12. The van der Waals surface area contributed by atoms with Gasteiger partial charge < -0.3 is 10.1 Å². The van der Waals surface area contributed by atoms with Crippen molar-refractivity contribution in [1.82, 2.24) is 4.98 Å². The van der Waals surface area contributed by atoms with Crippen LogP contribution in [0.4, 0.5) is 5.82 Å². The Labute approximate surface area is 147 Å². The number of anilines is 1. The molecular weight excluding hydrogens is 312 g/mol. The maximum absolute atomic E-state index is 12.4. The van der Waals surface area contributed by atoms with E-state index in [1.54, 1.807) is 18.3 Å². The zero-order chi connectivity index (χ0) is 17.6. The fraction of sp³-hybridized carbons (Fsp3) is 0.143. The van der Waals surface area contributed by atoms with E-state index >= 15 is 0 Å². The molecule has 0 atom stereocenters. The summed E-state index contributed by atoms with van der Waals surface area (Å²) < 4.78 is 5.81. The molecule has 3 aromatic rings. The van der Waals surface area contributed by atoms with Crippen molar-refractivity contribution in [2.75, 3.05) is 5.32 Å². The molecule has 2 aromatic carbocycles. The first-order valence-corrected chi connectivity index (χ1v) is 8.12. The lowest BCUT2D eigenvalue weighted by Gasteiger charge is -2.09. The molecule has 0 saturated heterocycles. The van der Waals surface area contributed by atoms with E-state index < -0.39 is 0 Å². The van der Waals surface area contributed by atoms with Gasteiger partial charge in [0.15, 0.2) is 0 Å². The van der Waals surface area contributed by atoms with Crippen LogP contribution in [0.15, 0.2) is 66.9 Å². The van der Waals surface area contributed by atoms with E-state index in [4.69, 9.17) is 4.74 Å². The summed E-state index contributed by atoms with van der Waals surface area (Å²) in [7, 11) is 0. The first-order chi connectivity index (χ1) is 12.1. The Bertz CT molecular complexity index is 890. The van der Waals surface area contributed by atoms with Crippen molar-refractivity contribution < 1.29 is 9.53 Å². The molecule has 0 aliphatic carbocycles. The molecule has 0 aliphatic rings. The fourth-order valence-corrected chi connectivity index (χ4v) is 2.49. The molecular formula is C21H20N2O2. The molecule has 4 nitrogen and oxygen atoms in total. The molecule has 1 N–H and O–H groups in total. The summed E-state index contributed by atoms with van der Waals surface area (Å²) in [5, 5.41) is 2.80. The highest BCUT2D eigenvalue weighted by Crippen LogP contribution is 2.17. The monoisotopic (exact) mass is 332 g/mol. The molecule has 1 aromatic heterocycles. The first kappa shape index (κ1) is 16.7. The van der Waals surface area contributed by atoms with Gasteiger partial charge in [-0.15, -0.1) is 0 Å². The molecule has 0 saturated carbocycles. The summed E-state index contributed by atoms with van der Waals surface area (Å²) in [6.07, 6.45) is 1.67. The predicted molar refractivity (Wildman–Crippen MR) is 98.9 cm³/mol. The topological polar surface area (TPSA) is 51.2 Å². The van der Waals surface area contributed by atoms with Gasteiger partial charge in [0.1, 0.15) is 18.2 Å². The van der Waals surface area contributed by atoms with E-state index in [-0.39, 0.29) is 5.91 Å². The summed E-state index contributed by atoms with van der Waals surface area (Å²) in [6, 6.07) is 19.0. The molecule has 0 radical (unpaired) electrons. The Morgan fingerprint density at radius 2 is 1.80 bits per heavy atom. The third-order valence-corrected chi connectivity index (χ3v) is 3.74. The van der Waals surface area contributed by atoms with Crippen molar-refractivity contribution >= 4 is 11.7 Å². The normalized spacial score (nSPS) is 10.3. The van der Waals surface area contributed by atoms with Crippen LogP contribution in [-0.4, -0.2) is 10.9 Å². The quantitative estimate of drug-likeness (QED) is 0.747. The van der Waals surface area contributed by atoms with Crippen molar-refractivity contribution in [2.24, 2.45) is 0 Å². The number of benzene rings is 2. The lowest BCUT2D eigenvalue weighted by Crippen LogP contribution is -2.13. The van der Waals surface area contributed by atoms with Crippen molar-refractivity contribution in [2.45, 2.75) is 20.5 Å². The molecule has 1 amide bonds. The number of hydrogen-bond donors (Lipinski definition) is 1. The highest BCUT2D eigenvalue weighted by Gasteiger charge is 2.08. The van der Waals surface area contributed by atoms with Gasteiger partial charge in [-0.1, -0.05) is 35.9 Å². The Balaban J connectivity index is 1.67. The number of carbonyl (C=O) groups is 1. The van der Waals surface area contributed by atoms with E-state index in [1.807, 2.05) is 56.3 Å². The Hall–Kier alpha value is -3.14. The van der Waals surface area contributed by atoms with Gasteiger partial charge >= 0.3 is 0 Å². The average Bonchev–Trinajstić information content (AvgIpc) is 2.60. The van der Waals surface area contributed by atoms with Gasteiger partial charge in [-0.3, -0.25) is 4.79 Å². The van der Waals surface area contributed by atoms with Crippen molar-refractivity contribution in [3.8, 4) is 5.75 Å². The largest absolute Gasteiger partial charge is 0.489 e. The van der Waals surface area contributed by atoms with Crippen molar-refractivity contribution in [1.29, 1.82) is 0 Å². The average molecular weight is 332 g/mol.